The molecule has 1 aromatic heterocycles. The highest BCUT2D eigenvalue weighted by atomic mass is 19.1. The largest absolute Gasteiger partial charge is 0.459 e. The van der Waals surface area contributed by atoms with Crippen molar-refractivity contribution in [3.05, 3.63) is 35.8 Å². The van der Waals surface area contributed by atoms with Gasteiger partial charge in [-0.3, -0.25) is 0 Å². The van der Waals surface area contributed by atoms with E-state index in [1.54, 1.807) is 6.07 Å². The Labute approximate surface area is 120 Å². The lowest BCUT2D eigenvalue weighted by molar-refractivity contribution is 0.398. The minimum atomic E-state index is -0.214. The van der Waals surface area contributed by atoms with Gasteiger partial charge in [0.2, 0.25) is 0 Å². The summed E-state index contributed by atoms with van der Waals surface area (Å²) in [6.45, 7) is 5.34. The van der Waals surface area contributed by atoms with Gasteiger partial charge in [0.05, 0.1) is 6.04 Å². The van der Waals surface area contributed by atoms with Gasteiger partial charge in [-0.2, -0.15) is 0 Å². The molecular weight excluding hydrogens is 253 g/mol. The summed E-state index contributed by atoms with van der Waals surface area (Å²) in [6, 6.07) is 6.89. The van der Waals surface area contributed by atoms with Crippen molar-refractivity contribution in [3.8, 4) is 0 Å². The zero-order valence-electron chi connectivity index (χ0n) is 12.4. The van der Waals surface area contributed by atoms with Gasteiger partial charge in [-0.15, -0.1) is 0 Å². The van der Waals surface area contributed by atoms with E-state index in [-0.39, 0.29) is 11.9 Å². The first kappa shape index (κ1) is 15.0. The van der Waals surface area contributed by atoms with Crippen molar-refractivity contribution in [2.45, 2.75) is 52.0 Å². The molecule has 1 atom stereocenters. The Bertz CT molecular complexity index is 535. The van der Waals surface area contributed by atoms with Crippen molar-refractivity contribution in [1.82, 2.24) is 5.32 Å². The summed E-state index contributed by atoms with van der Waals surface area (Å²) >= 11 is 0. The summed E-state index contributed by atoms with van der Waals surface area (Å²) in [6.07, 6.45) is 5.80. The standard InChI is InChI=1S/C17H24FNO/c1-3-5-6-7-15(19-10-4-2)17-12-13-11-14(18)8-9-16(13)20-17/h8-9,11-12,15,19H,3-7,10H2,1-2H3. The zero-order valence-corrected chi connectivity index (χ0v) is 12.4. The molecule has 2 aromatic rings. The van der Waals surface area contributed by atoms with Crippen molar-refractivity contribution in [2.24, 2.45) is 0 Å². The molecular formula is C17H24FNO. The number of hydrogen-bond donors (Lipinski definition) is 1. The van der Waals surface area contributed by atoms with Crippen LogP contribution >= 0.6 is 0 Å². The molecule has 0 bridgehead atoms. The summed E-state index contributed by atoms with van der Waals surface area (Å²) in [5.74, 6) is 0.712. The lowest BCUT2D eigenvalue weighted by Gasteiger charge is -2.15. The van der Waals surface area contributed by atoms with Gasteiger partial charge in [-0.1, -0.05) is 33.1 Å². The Morgan fingerprint density at radius 1 is 1.15 bits per heavy atom. The van der Waals surface area contributed by atoms with Crippen LogP contribution in [-0.2, 0) is 0 Å². The van der Waals surface area contributed by atoms with Gasteiger partial charge in [0.15, 0.2) is 0 Å². The van der Waals surface area contributed by atoms with Crippen LogP contribution < -0.4 is 5.32 Å². The van der Waals surface area contributed by atoms with E-state index in [1.165, 1.54) is 31.4 Å². The maximum atomic E-state index is 13.2. The number of rotatable bonds is 8. The lowest BCUT2D eigenvalue weighted by atomic mass is 10.1. The Kier molecular flexibility index (Phi) is 5.60. The quantitative estimate of drug-likeness (QED) is 0.671. The van der Waals surface area contributed by atoms with E-state index in [0.717, 1.165) is 36.1 Å². The maximum Gasteiger partial charge on any atom is 0.134 e. The van der Waals surface area contributed by atoms with Crippen LogP contribution in [-0.4, -0.2) is 6.54 Å². The predicted molar refractivity (Wildman–Crippen MR) is 81.3 cm³/mol. The molecule has 2 rings (SSSR count). The second-order valence-electron chi connectivity index (χ2n) is 5.33. The van der Waals surface area contributed by atoms with E-state index in [4.69, 9.17) is 4.42 Å². The van der Waals surface area contributed by atoms with E-state index in [1.807, 2.05) is 6.07 Å². The Morgan fingerprint density at radius 3 is 2.75 bits per heavy atom. The molecule has 0 aliphatic carbocycles. The van der Waals surface area contributed by atoms with Crippen molar-refractivity contribution in [3.63, 3.8) is 0 Å². The monoisotopic (exact) mass is 277 g/mol. The van der Waals surface area contributed by atoms with E-state index in [9.17, 15) is 4.39 Å². The normalized spacial score (nSPS) is 12.9. The Balaban J connectivity index is 2.15. The van der Waals surface area contributed by atoms with Crippen LogP contribution in [0.3, 0.4) is 0 Å². The molecule has 1 aromatic carbocycles. The SMILES string of the molecule is CCCCCC(NCCC)c1cc2cc(F)ccc2o1. The van der Waals surface area contributed by atoms with E-state index in [0.29, 0.717) is 0 Å². The Morgan fingerprint density at radius 2 is 2.00 bits per heavy atom. The molecule has 0 amide bonds. The van der Waals surface area contributed by atoms with Crippen LogP contribution in [0.5, 0.6) is 0 Å². The molecule has 0 saturated carbocycles. The molecule has 3 heteroatoms. The predicted octanol–water partition coefficient (Wildman–Crippen LogP) is 5.19. The maximum absolute atomic E-state index is 13.2. The van der Waals surface area contributed by atoms with Gasteiger partial charge in [-0.25, -0.2) is 4.39 Å². The van der Waals surface area contributed by atoms with Crippen LogP contribution in [0.2, 0.25) is 0 Å². The van der Waals surface area contributed by atoms with Gasteiger partial charge in [0.25, 0.3) is 0 Å². The number of halogens is 1. The Hall–Kier alpha value is -1.35. The molecule has 110 valence electrons. The second-order valence-corrected chi connectivity index (χ2v) is 5.33. The molecule has 0 spiro atoms. The molecule has 0 aliphatic rings. The molecule has 0 radical (unpaired) electrons. The lowest BCUT2D eigenvalue weighted by Crippen LogP contribution is -2.21. The highest BCUT2D eigenvalue weighted by molar-refractivity contribution is 5.78. The molecule has 1 N–H and O–H groups in total. The minimum Gasteiger partial charge on any atom is -0.459 e. The average molecular weight is 277 g/mol. The summed E-state index contributed by atoms with van der Waals surface area (Å²) in [5.41, 5.74) is 0.764. The van der Waals surface area contributed by atoms with Gasteiger partial charge in [0.1, 0.15) is 17.2 Å². The average Bonchev–Trinajstić information content (AvgIpc) is 2.85. The van der Waals surface area contributed by atoms with E-state index in [2.05, 4.69) is 19.2 Å². The van der Waals surface area contributed by atoms with Crippen LogP contribution in [0.4, 0.5) is 4.39 Å². The number of benzene rings is 1. The fourth-order valence-corrected chi connectivity index (χ4v) is 2.47. The number of hydrogen-bond acceptors (Lipinski definition) is 2. The fourth-order valence-electron chi connectivity index (χ4n) is 2.47. The van der Waals surface area contributed by atoms with Crippen LogP contribution in [0.15, 0.2) is 28.7 Å². The number of furan rings is 1. The first-order valence-electron chi connectivity index (χ1n) is 7.67. The summed E-state index contributed by atoms with van der Waals surface area (Å²) < 4.78 is 19.1. The first-order valence-corrected chi connectivity index (χ1v) is 7.67. The van der Waals surface area contributed by atoms with E-state index < -0.39 is 0 Å². The third-order valence-corrected chi connectivity index (χ3v) is 3.58. The summed E-state index contributed by atoms with van der Waals surface area (Å²) in [5, 5.41) is 4.38. The minimum absolute atomic E-state index is 0.214. The fraction of sp³-hybridized carbons (Fsp3) is 0.529. The molecule has 20 heavy (non-hydrogen) atoms. The molecule has 0 aliphatic heterocycles. The van der Waals surface area contributed by atoms with Crippen LogP contribution in [0.1, 0.15) is 57.8 Å². The second kappa shape index (κ2) is 7.44. The first-order chi connectivity index (χ1) is 9.74. The highest BCUT2D eigenvalue weighted by Gasteiger charge is 2.15. The number of nitrogens with one attached hydrogen (secondary N) is 1. The van der Waals surface area contributed by atoms with E-state index >= 15 is 0 Å². The van der Waals surface area contributed by atoms with Crippen molar-refractivity contribution >= 4 is 11.0 Å². The molecule has 0 fully saturated rings. The third-order valence-electron chi connectivity index (χ3n) is 3.58. The molecule has 0 saturated heterocycles. The van der Waals surface area contributed by atoms with Gasteiger partial charge < -0.3 is 9.73 Å². The molecule has 2 nitrogen and oxygen atoms in total. The van der Waals surface area contributed by atoms with Gasteiger partial charge >= 0.3 is 0 Å². The van der Waals surface area contributed by atoms with Crippen LogP contribution in [0.25, 0.3) is 11.0 Å². The molecule has 1 heterocycles. The zero-order chi connectivity index (χ0) is 14.4. The number of unbranched alkanes of at least 4 members (excludes halogenated alkanes) is 2. The summed E-state index contributed by atoms with van der Waals surface area (Å²) in [4.78, 5) is 0. The van der Waals surface area contributed by atoms with Gasteiger partial charge in [-0.05, 0) is 43.7 Å². The van der Waals surface area contributed by atoms with Crippen molar-refractivity contribution in [2.75, 3.05) is 6.54 Å². The van der Waals surface area contributed by atoms with Gasteiger partial charge in [0, 0.05) is 5.39 Å². The number of fused-ring (bicyclic) bond motifs is 1. The topological polar surface area (TPSA) is 25.2 Å². The van der Waals surface area contributed by atoms with Crippen LogP contribution in [0, 0.1) is 5.82 Å². The smallest absolute Gasteiger partial charge is 0.134 e. The third kappa shape index (κ3) is 3.83. The van der Waals surface area contributed by atoms with Crippen molar-refractivity contribution < 1.29 is 8.81 Å². The van der Waals surface area contributed by atoms with Crippen molar-refractivity contribution in [1.29, 1.82) is 0 Å². The summed E-state index contributed by atoms with van der Waals surface area (Å²) in [7, 11) is 0. The highest BCUT2D eigenvalue weighted by Crippen LogP contribution is 2.27. The molecule has 1 unspecified atom stereocenters.